The Labute approximate surface area is 160 Å². The van der Waals surface area contributed by atoms with Crippen molar-refractivity contribution < 1.29 is 19.2 Å². The molecular weight excluding hydrogens is 364 g/mol. The van der Waals surface area contributed by atoms with E-state index in [-0.39, 0.29) is 29.9 Å². The first-order chi connectivity index (χ1) is 13.4. The van der Waals surface area contributed by atoms with E-state index >= 15 is 0 Å². The van der Waals surface area contributed by atoms with Gasteiger partial charge in [-0.25, -0.2) is 0 Å². The maximum absolute atomic E-state index is 13.1. The predicted molar refractivity (Wildman–Crippen MR) is 98.4 cm³/mol. The molecule has 2 N–H and O–H groups in total. The van der Waals surface area contributed by atoms with Crippen LogP contribution < -0.4 is 10.6 Å². The van der Waals surface area contributed by atoms with Crippen LogP contribution in [0.25, 0.3) is 0 Å². The number of nitrogens with zero attached hydrogens (tertiary/aromatic N) is 4. The smallest absolute Gasteiger partial charge is 0.257 e. The van der Waals surface area contributed by atoms with E-state index in [4.69, 9.17) is 0 Å². The number of carbonyl (C=O) groups excluding carboxylic acids is 4. The lowest BCUT2D eigenvalue weighted by Crippen LogP contribution is -2.53. The number of carbonyl (C=O) groups is 4. The number of amides is 3. The highest BCUT2D eigenvalue weighted by Crippen LogP contribution is 2.23. The van der Waals surface area contributed by atoms with E-state index < -0.39 is 17.9 Å². The number of likely N-dealkylation sites (N-methyl/N-ethyl adjacent to an activating group) is 1. The van der Waals surface area contributed by atoms with Gasteiger partial charge < -0.3 is 10.2 Å². The topological polar surface area (TPSA) is 126 Å². The van der Waals surface area contributed by atoms with Crippen LogP contribution >= 0.6 is 0 Å². The van der Waals surface area contributed by atoms with Crippen LogP contribution in [0, 0.1) is 0 Å². The van der Waals surface area contributed by atoms with Gasteiger partial charge in [0.2, 0.25) is 11.8 Å². The van der Waals surface area contributed by atoms with Crippen molar-refractivity contribution in [3.63, 3.8) is 0 Å². The largest absolute Gasteiger partial charge is 0.379 e. The molecule has 1 aromatic heterocycles. The molecule has 1 unspecified atom stereocenters. The molecule has 1 atom stereocenters. The summed E-state index contributed by atoms with van der Waals surface area (Å²) in [6.45, 7) is 0.304. The van der Waals surface area contributed by atoms with Gasteiger partial charge in [0.15, 0.2) is 6.29 Å². The van der Waals surface area contributed by atoms with E-state index in [9.17, 15) is 19.2 Å². The molecule has 0 spiro atoms. The number of piperidine rings is 1. The fraction of sp³-hybridized carbons (Fsp3) is 0.333. The first-order valence-corrected chi connectivity index (χ1v) is 8.69. The summed E-state index contributed by atoms with van der Waals surface area (Å²) in [5, 5.41) is 13.2. The number of aromatic nitrogens is 3. The van der Waals surface area contributed by atoms with Crippen LogP contribution in [0.4, 0.5) is 5.69 Å². The number of benzene rings is 1. The first kappa shape index (κ1) is 19.2. The molecule has 1 aliphatic rings. The third-order valence-electron chi connectivity index (χ3n) is 4.55. The standard InChI is InChI=1S/C18H20N6O4/c1-23-9-12(21-22-23)8-19-13-5-3-4-11(10-25)16(13)18(28)24(2)14-6-7-15(26)20-17(14)27/h3-5,9-10,14,19H,6-8H2,1-2H3,(H,20,26,27). The SMILES string of the molecule is CN(C(=O)c1c(C=O)cccc1NCc1cn(C)nn1)C1CCC(=O)NC1=O. The van der Waals surface area contributed by atoms with Crippen molar-refractivity contribution in [3.8, 4) is 0 Å². The lowest BCUT2D eigenvalue weighted by molar-refractivity contribution is -0.136. The molecule has 3 rings (SSSR count). The van der Waals surface area contributed by atoms with Gasteiger partial charge in [0.1, 0.15) is 11.7 Å². The molecule has 0 aliphatic carbocycles. The molecule has 3 amide bonds. The Morgan fingerprint density at radius 3 is 2.86 bits per heavy atom. The average molecular weight is 384 g/mol. The second-order valence-electron chi connectivity index (χ2n) is 6.51. The fourth-order valence-corrected chi connectivity index (χ4v) is 3.09. The number of nitrogens with one attached hydrogen (secondary N) is 2. The Hall–Kier alpha value is -3.56. The summed E-state index contributed by atoms with van der Waals surface area (Å²) in [6, 6.07) is 4.09. The summed E-state index contributed by atoms with van der Waals surface area (Å²) >= 11 is 0. The van der Waals surface area contributed by atoms with Gasteiger partial charge in [-0.3, -0.25) is 29.2 Å². The van der Waals surface area contributed by atoms with E-state index in [0.29, 0.717) is 24.2 Å². The van der Waals surface area contributed by atoms with Crippen LogP contribution in [0.5, 0.6) is 0 Å². The molecule has 1 saturated heterocycles. The molecule has 146 valence electrons. The highest BCUT2D eigenvalue weighted by Gasteiger charge is 2.34. The second-order valence-corrected chi connectivity index (χ2v) is 6.51. The Kier molecular flexibility index (Phi) is 5.48. The van der Waals surface area contributed by atoms with Crippen LogP contribution in [-0.2, 0) is 23.2 Å². The van der Waals surface area contributed by atoms with E-state index in [0.717, 1.165) is 0 Å². The van der Waals surface area contributed by atoms with Gasteiger partial charge >= 0.3 is 0 Å². The van der Waals surface area contributed by atoms with Gasteiger partial charge in [0, 0.05) is 38.0 Å². The van der Waals surface area contributed by atoms with E-state index in [2.05, 4.69) is 20.9 Å². The minimum atomic E-state index is -0.780. The Balaban J connectivity index is 1.86. The second kappa shape index (κ2) is 7.99. The van der Waals surface area contributed by atoms with Crippen LogP contribution in [-0.4, -0.2) is 57.0 Å². The summed E-state index contributed by atoms with van der Waals surface area (Å²) in [5.41, 5.74) is 1.47. The van der Waals surface area contributed by atoms with Gasteiger partial charge in [-0.2, -0.15) is 0 Å². The summed E-state index contributed by atoms with van der Waals surface area (Å²) < 4.78 is 1.56. The Bertz CT molecular complexity index is 938. The number of rotatable bonds is 6. The lowest BCUT2D eigenvalue weighted by Gasteiger charge is -2.30. The van der Waals surface area contributed by atoms with Gasteiger partial charge in [-0.15, -0.1) is 5.10 Å². The van der Waals surface area contributed by atoms with Gasteiger partial charge in [-0.1, -0.05) is 17.3 Å². The summed E-state index contributed by atoms with van der Waals surface area (Å²) in [6.07, 6.45) is 2.71. The summed E-state index contributed by atoms with van der Waals surface area (Å²) in [5.74, 6) is -1.37. The first-order valence-electron chi connectivity index (χ1n) is 8.69. The van der Waals surface area contributed by atoms with Crippen LogP contribution in [0.15, 0.2) is 24.4 Å². The van der Waals surface area contributed by atoms with E-state index in [1.165, 1.54) is 18.0 Å². The third kappa shape index (κ3) is 3.90. The third-order valence-corrected chi connectivity index (χ3v) is 4.55. The number of hydrogen-bond donors (Lipinski definition) is 2. The zero-order valence-electron chi connectivity index (χ0n) is 15.5. The van der Waals surface area contributed by atoms with Crippen molar-refractivity contribution in [1.29, 1.82) is 0 Å². The van der Waals surface area contributed by atoms with Crippen LogP contribution in [0.1, 0.15) is 39.3 Å². The Morgan fingerprint density at radius 1 is 1.43 bits per heavy atom. The van der Waals surface area contributed by atoms with Gasteiger partial charge in [-0.05, 0) is 12.5 Å². The summed E-state index contributed by atoms with van der Waals surface area (Å²) in [7, 11) is 3.23. The van der Waals surface area contributed by atoms with Crippen molar-refractivity contribution in [1.82, 2.24) is 25.2 Å². The lowest BCUT2D eigenvalue weighted by atomic mass is 10.0. The van der Waals surface area contributed by atoms with E-state index in [1.54, 1.807) is 30.1 Å². The number of hydrogen-bond acceptors (Lipinski definition) is 7. The molecule has 0 radical (unpaired) electrons. The molecule has 1 aromatic carbocycles. The molecule has 28 heavy (non-hydrogen) atoms. The minimum absolute atomic E-state index is 0.154. The van der Waals surface area contributed by atoms with Crippen molar-refractivity contribution in [2.24, 2.45) is 7.05 Å². The molecule has 10 heteroatoms. The maximum Gasteiger partial charge on any atom is 0.257 e. The molecule has 0 saturated carbocycles. The molecule has 1 fully saturated rings. The molecular formula is C18H20N6O4. The normalized spacial score (nSPS) is 16.4. The molecule has 2 aromatic rings. The van der Waals surface area contributed by atoms with E-state index in [1.807, 2.05) is 0 Å². The van der Waals surface area contributed by atoms with Crippen molar-refractivity contribution >= 4 is 29.7 Å². The van der Waals surface area contributed by atoms with Crippen molar-refractivity contribution in [3.05, 3.63) is 41.2 Å². The number of imide groups is 1. The highest BCUT2D eigenvalue weighted by molar-refractivity contribution is 6.08. The summed E-state index contributed by atoms with van der Waals surface area (Å²) in [4.78, 5) is 49.4. The molecule has 2 heterocycles. The average Bonchev–Trinajstić information content (AvgIpc) is 3.10. The number of aryl methyl sites for hydroxylation is 1. The zero-order valence-corrected chi connectivity index (χ0v) is 15.5. The highest BCUT2D eigenvalue weighted by atomic mass is 16.2. The number of anilines is 1. The predicted octanol–water partition coefficient (Wildman–Crippen LogP) is 0.117. The monoisotopic (exact) mass is 384 g/mol. The van der Waals surface area contributed by atoms with Gasteiger partial charge in [0.25, 0.3) is 5.91 Å². The number of aldehydes is 1. The molecule has 1 aliphatic heterocycles. The zero-order chi connectivity index (χ0) is 20.3. The van der Waals surface area contributed by atoms with Gasteiger partial charge in [0.05, 0.1) is 12.1 Å². The maximum atomic E-state index is 13.1. The molecule has 0 bridgehead atoms. The quantitative estimate of drug-likeness (QED) is 0.535. The van der Waals surface area contributed by atoms with Crippen LogP contribution in [0.3, 0.4) is 0 Å². The minimum Gasteiger partial charge on any atom is -0.379 e. The fourth-order valence-electron chi connectivity index (χ4n) is 3.09. The Morgan fingerprint density at radius 2 is 2.21 bits per heavy atom. The molecule has 10 nitrogen and oxygen atoms in total. The van der Waals surface area contributed by atoms with Crippen molar-refractivity contribution in [2.75, 3.05) is 12.4 Å². The van der Waals surface area contributed by atoms with Crippen molar-refractivity contribution in [2.45, 2.75) is 25.4 Å². The van der Waals surface area contributed by atoms with Crippen LogP contribution in [0.2, 0.25) is 0 Å².